The second-order valence-corrected chi connectivity index (χ2v) is 5.12. The van der Waals surface area contributed by atoms with Crippen LogP contribution in [-0.4, -0.2) is 22.0 Å². The first-order chi connectivity index (χ1) is 10.1. The van der Waals surface area contributed by atoms with Gasteiger partial charge in [-0.1, -0.05) is 45.4 Å². The average molecular weight is 292 g/mol. The molecule has 1 aromatic rings. The minimum absolute atomic E-state index is 0.0189. The fraction of sp³-hybridized carbons (Fsp3) is 0.562. The molecule has 0 spiro atoms. The van der Waals surface area contributed by atoms with Crippen LogP contribution in [0.2, 0.25) is 0 Å². The number of anilines is 1. The molecule has 0 fully saturated rings. The summed E-state index contributed by atoms with van der Waals surface area (Å²) < 4.78 is 0. The molecule has 0 aromatic carbocycles. The Hall–Kier alpha value is -1.91. The first kappa shape index (κ1) is 17.1. The molecule has 0 bridgehead atoms. The minimum atomic E-state index is -1.09. The maximum atomic E-state index is 11.8. The molecule has 2 N–H and O–H groups in total. The molecule has 0 saturated heterocycles. The predicted octanol–water partition coefficient (Wildman–Crippen LogP) is 3.86. The van der Waals surface area contributed by atoms with E-state index in [9.17, 15) is 9.59 Å². The highest BCUT2D eigenvalue weighted by Crippen LogP contribution is 2.13. The van der Waals surface area contributed by atoms with Gasteiger partial charge in [0.25, 0.3) is 0 Å². The standard InChI is InChI=1S/C16H24N2O3/c1-2-3-4-5-6-7-8-11-14(19)18-15-13(16(20)21)10-9-12-17-15/h9-10,12H,2-8,11H2,1H3,(H,20,21)(H,17,18,19). The van der Waals surface area contributed by atoms with Gasteiger partial charge in [-0.2, -0.15) is 0 Å². The van der Waals surface area contributed by atoms with Crippen molar-refractivity contribution >= 4 is 17.7 Å². The fourth-order valence-corrected chi connectivity index (χ4v) is 2.11. The zero-order chi connectivity index (χ0) is 15.5. The van der Waals surface area contributed by atoms with Crippen LogP contribution in [0.25, 0.3) is 0 Å². The first-order valence-electron chi connectivity index (χ1n) is 7.63. The van der Waals surface area contributed by atoms with E-state index in [-0.39, 0.29) is 17.3 Å². The van der Waals surface area contributed by atoms with Gasteiger partial charge in [0.2, 0.25) is 5.91 Å². The molecule has 5 heteroatoms. The summed E-state index contributed by atoms with van der Waals surface area (Å²) in [6.45, 7) is 2.19. The van der Waals surface area contributed by atoms with Crippen LogP contribution in [0.4, 0.5) is 5.82 Å². The molecule has 21 heavy (non-hydrogen) atoms. The fourth-order valence-electron chi connectivity index (χ4n) is 2.11. The third kappa shape index (κ3) is 6.88. The second-order valence-electron chi connectivity index (χ2n) is 5.12. The number of unbranched alkanes of at least 4 members (excludes halogenated alkanes) is 6. The van der Waals surface area contributed by atoms with Crippen LogP contribution in [0.5, 0.6) is 0 Å². The number of nitrogens with zero attached hydrogens (tertiary/aromatic N) is 1. The number of carbonyl (C=O) groups excluding carboxylic acids is 1. The molecule has 1 amide bonds. The Bertz CT molecular complexity index is 461. The Balaban J connectivity index is 2.27. The Morgan fingerprint density at radius 3 is 2.48 bits per heavy atom. The van der Waals surface area contributed by atoms with Crippen molar-refractivity contribution in [2.75, 3.05) is 5.32 Å². The van der Waals surface area contributed by atoms with Crippen LogP contribution in [0, 0.1) is 0 Å². The van der Waals surface area contributed by atoms with Gasteiger partial charge in [0.15, 0.2) is 0 Å². The summed E-state index contributed by atoms with van der Waals surface area (Å²) in [6, 6.07) is 2.97. The highest BCUT2D eigenvalue weighted by Gasteiger charge is 2.12. The number of carbonyl (C=O) groups is 2. The summed E-state index contributed by atoms with van der Waals surface area (Å²) in [5, 5.41) is 11.6. The van der Waals surface area contributed by atoms with E-state index in [0.29, 0.717) is 6.42 Å². The van der Waals surface area contributed by atoms with Crippen molar-refractivity contribution in [1.29, 1.82) is 0 Å². The number of hydrogen-bond donors (Lipinski definition) is 2. The minimum Gasteiger partial charge on any atom is -0.478 e. The van der Waals surface area contributed by atoms with Gasteiger partial charge in [-0.15, -0.1) is 0 Å². The lowest BCUT2D eigenvalue weighted by Crippen LogP contribution is -2.15. The number of carboxylic acids is 1. The molecule has 0 unspecified atom stereocenters. The van der Waals surface area contributed by atoms with E-state index in [1.54, 1.807) is 0 Å². The second kappa shape index (κ2) is 9.91. The molecule has 0 aliphatic heterocycles. The Morgan fingerprint density at radius 1 is 1.14 bits per heavy atom. The van der Waals surface area contributed by atoms with Crippen LogP contribution in [0.15, 0.2) is 18.3 Å². The van der Waals surface area contributed by atoms with Crippen molar-refractivity contribution in [1.82, 2.24) is 4.98 Å². The van der Waals surface area contributed by atoms with Crippen LogP contribution in [0.3, 0.4) is 0 Å². The maximum absolute atomic E-state index is 11.8. The normalized spacial score (nSPS) is 10.3. The van der Waals surface area contributed by atoms with E-state index in [0.717, 1.165) is 19.3 Å². The Labute approximate surface area is 125 Å². The van der Waals surface area contributed by atoms with E-state index < -0.39 is 5.97 Å². The van der Waals surface area contributed by atoms with Gasteiger partial charge in [0.1, 0.15) is 11.4 Å². The van der Waals surface area contributed by atoms with Gasteiger partial charge in [0, 0.05) is 12.6 Å². The summed E-state index contributed by atoms with van der Waals surface area (Å²) in [4.78, 5) is 26.7. The molecule has 116 valence electrons. The third-order valence-electron chi connectivity index (χ3n) is 3.30. The smallest absolute Gasteiger partial charge is 0.339 e. The van der Waals surface area contributed by atoms with Gasteiger partial charge in [0.05, 0.1) is 0 Å². The Kier molecular flexibility index (Phi) is 8.09. The highest BCUT2D eigenvalue weighted by molar-refractivity contribution is 5.99. The molecule has 1 rings (SSSR count). The van der Waals surface area contributed by atoms with Crippen LogP contribution in [-0.2, 0) is 4.79 Å². The van der Waals surface area contributed by atoms with Crippen molar-refractivity contribution < 1.29 is 14.7 Å². The molecule has 0 saturated carbocycles. The topological polar surface area (TPSA) is 79.3 Å². The lowest BCUT2D eigenvalue weighted by atomic mass is 10.1. The molecule has 0 radical (unpaired) electrons. The van der Waals surface area contributed by atoms with Gasteiger partial charge >= 0.3 is 5.97 Å². The van der Waals surface area contributed by atoms with Crippen molar-refractivity contribution in [2.24, 2.45) is 0 Å². The van der Waals surface area contributed by atoms with Crippen molar-refractivity contribution in [3.05, 3.63) is 23.9 Å². The molecular weight excluding hydrogens is 268 g/mol. The maximum Gasteiger partial charge on any atom is 0.339 e. The lowest BCUT2D eigenvalue weighted by Gasteiger charge is -2.07. The largest absolute Gasteiger partial charge is 0.478 e. The quantitative estimate of drug-likeness (QED) is 0.642. The SMILES string of the molecule is CCCCCCCCCC(=O)Nc1ncccc1C(=O)O. The van der Waals surface area contributed by atoms with Gasteiger partial charge in [-0.25, -0.2) is 9.78 Å². The van der Waals surface area contributed by atoms with E-state index >= 15 is 0 Å². The number of nitrogens with one attached hydrogen (secondary N) is 1. The number of aromatic nitrogens is 1. The third-order valence-corrected chi connectivity index (χ3v) is 3.30. The monoisotopic (exact) mass is 292 g/mol. The number of aromatic carboxylic acids is 1. The molecule has 0 aliphatic rings. The summed E-state index contributed by atoms with van der Waals surface area (Å²) in [5.74, 6) is -1.14. The molecule has 0 aliphatic carbocycles. The molecule has 1 heterocycles. The molecule has 0 atom stereocenters. The van der Waals surface area contributed by atoms with E-state index in [1.165, 1.54) is 44.0 Å². The highest BCUT2D eigenvalue weighted by atomic mass is 16.4. The molecular formula is C16H24N2O3. The zero-order valence-electron chi connectivity index (χ0n) is 12.6. The van der Waals surface area contributed by atoms with Gasteiger partial charge in [-0.3, -0.25) is 4.79 Å². The van der Waals surface area contributed by atoms with Gasteiger partial charge < -0.3 is 10.4 Å². The Morgan fingerprint density at radius 2 is 1.81 bits per heavy atom. The number of rotatable bonds is 10. The van der Waals surface area contributed by atoms with Crippen molar-refractivity contribution in [3.63, 3.8) is 0 Å². The van der Waals surface area contributed by atoms with Crippen molar-refractivity contribution in [2.45, 2.75) is 58.3 Å². The van der Waals surface area contributed by atoms with E-state index in [2.05, 4.69) is 17.2 Å². The number of carboxylic acid groups (broad SMARTS) is 1. The van der Waals surface area contributed by atoms with E-state index in [1.807, 2.05) is 0 Å². The molecule has 5 nitrogen and oxygen atoms in total. The summed E-state index contributed by atoms with van der Waals surface area (Å²) in [7, 11) is 0. The predicted molar refractivity (Wildman–Crippen MR) is 82.4 cm³/mol. The zero-order valence-corrected chi connectivity index (χ0v) is 12.6. The summed E-state index contributed by atoms with van der Waals surface area (Å²) in [5.41, 5.74) is 0.0189. The molecule has 1 aromatic heterocycles. The number of amides is 1. The first-order valence-corrected chi connectivity index (χ1v) is 7.63. The van der Waals surface area contributed by atoms with Crippen LogP contribution in [0.1, 0.15) is 68.6 Å². The number of pyridine rings is 1. The average Bonchev–Trinajstić information content (AvgIpc) is 2.46. The lowest BCUT2D eigenvalue weighted by molar-refractivity contribution is -0.116. The van der Waals surface area contributed by atoms with E-state index in [4.69, 9.17) is 5.11 Å². The summed E-state index contributed by atoms with van der Waals surface area (Å²) >= 11 is 0. The van der Waals surface area contributed by atoms with Gasteiger partial charge in [-0.05, 0) is 18.6 Å². The van der Waals surface area contributed by atoms with Crippen LogP contribution >= 0.6 is 0 Å². The summed E-state index contributed by atoms with van der Waals surface area (Å²) in [6.07, 6.45) is 9.88. The number of hydrogen-bond acceptors (Lipinski definition) is 3. The van der Waals surface area contributed by atoms with Crippen LogP contribution < -0.4 is 5.32 Å². The van der Waals surface area contributed by atoms with Crippen molar-refractivity contribution in [3.8, 4) is 0 Å².